The van der Waals surface area contributed by atoms with Crippen LogP contribution in [0.5, 0.6) is 0 Å². The molecule has 0 aliphatic rings. The SMILES string of the molecule is CCCCCCCCCCCCCCCCC/C=C/C(O)C(CO)NC(=O)CCCCCCCCCCCCCCCCCCCCCCCCCCCCCC. The molecule has 0 saturated heterocycles. The Labute approximate surface area is 358 Å². The zero-order valence-electron chi connectivity index (χ0n) is 39.1. The Bertz CT molecular complexity index is 784. The lowest BCUT2D eigenvalue weighted by molar-refractivity contribution is -0.123. The number of aliphatic hydroxyl groups is 2. The van der Waals surface area contributed by atoms with Crippen LogP contribution in [0.2, 0.25) is 0 Å². The third kappa shape index (κ3) is 46.1. The van der Waals surface area contributed by atoms with Gasteiger partial charge in [0.25, 0.3) is 0 Å². The highest BCUT2D eigenvalue weighted by molar-refractivity contribution is 5.76. The molecular formula is C53H105NO3. The van der Waals surface area contributed by atoms with Crippen LogP contribution in [0.25, 0.3) is 0 Å². The molecule has 0 bridgehead atoms. The van der Waals surface area contributed by atoms with Crippen LogP contribution < -0.4 is 5.32 Å². The average Bonchev–Trinajstić information content (AvgIpc) is 3.22. The molecule has 4 nitrogen and oxygen atoms in total. The van der Waals surface area contributed by atoms with E-state index in [1.165, 1.54) is 257 Å². The molecular weight excluding hydrogens is 699 g/mol. The Morgan fingerprint density at radius 2 is 0.649 bits per heavy atom. The Kier molecular flexibility index (Phi) is 48.7. The minimum absolute atomic E-state index is 0.0567. The van der Waals surface area contributed by atoms with Crippen LogP contribution in [-0.2, 0) is 4.79 Å². The Hall–Kier alpha value is -0.870. The predicted molar refractivity (Wildman–Crippen MR) is 253 cm³/mol. The number of nitrogens with one attached hydrogen (secondary N) is 1. The molecule has 0 aliphatic carbocycles. The van der Waals surface area contributed by atoms with Crippen molar-refractivity contribution in [1.29, 1.82) is 0 Å². The van der Waals surface area contributed by atoms with E-state index in [0.717, 1.165) is 25.7 Å². The van der Waals surface area contributed by atoms with Crippen molar-refractivity contribution in [2.75, 3.05) is 6.61 Å². The molecule has 0 aliphatic heterocycles. The molecule has 0 radical (unpaired) electrons. The van der Waals surface area contributed by atoms with Crippen LogP contribution in [0.4, 0.5) is 0 Å². The summed E-state index contributed by atoms with van der Waals surface area (Å²) in [6.07, 6.45) is 63.6. The van der Waals surface area contributed by atoms with Crippen LogP contribution in [-0.4, -0.2) is 34.9 Å². The third-order valence-electron chi connectivity index (χ3n) is 12.5. The Morgan fingerprint density at radius 1 is 0.404 bits per heavy atom. The quantitative estimate of drug-likeness (QED) is 0.0424. The molecule has 0 aromatic heterocycles. The van der Waals surface area contributed by atoms with Crippen LogP contribution in [0.1, 0.15) is 303 Å². The van der Waals surface area contributed by atoms with Crippen molar-refractivity contribution in [3.8, 4) is 0 Å². The molecule has 0 fully saturated rings. The summed E-state index contributed by atoms with van der Waals surface area (Å²) < 4.78 is 0. The van der Waals surface area contributed by atoms with Crippen molar-refractivity contribution in [1.82, 2.24) is 5.32 Å². The molecule has 0 spiro atoms. The van der Waals surface area contributed by atoms with Gasteiger partial charge in [0.1, 0.15) is 0 Å². The van der Waals surface area contributed by atoms with E-state index in [9.17, 15) is 15.0 Å². The van der Waals surface area contributed by atoms with Gasteiger partial charge in [-0.05, 0) is 19.3 Å². The molecule has 2 unspecified atom stereocenters. The van der Waals surface area contributed by atoms with E-state index < -0.39 is 12.1 Å². The highest BCUT2D eigenvalue weighted by Crippen LogP contribution is 2.17. The summed E-state index contributed by atoms with van der Waals surface area (Å²) in [6, 6.07) is -0.617. The van der Waals surface area contributed by atoms with Crippen molar-refractivity contribution in [3.63, 3.8) is 0 Å². The average molecular weight is 804 g/mol. The Morgan fingerprint density at radius 3 is 0.912 bits per heavy atom. The van der Waals surface area contributed by atoms with E-state index in [1.54, 1.807) is 6.08 Å². The van der Waals surface area contributed by atoms with Crippen molar-refractivity contribution < 1.29 is 15.0 Å². The first kappa shape index (κ1) is 56.1. The van der Waals surface area contributed by atoms with Crippen LogP contribution in [0, 0.1) is 0 Å². The minimum atomic E-state index is -0.834. The van der Waals surface area contributed by atoms with Crippen LogP contribution in [0.3, 0.4) is 0 Å². The van der Waals surface area contributed by atoms with Gasteiger partial charge in [-0.1, -0.05) is 289 Å². The largest absolute Gasteiger partial charge is 0.394 e. The topological polar surface area (TPSA) is 69.6 Å². The van der Waals surface area contributed by atoms with Gasteiger partial charge in [0.05, 0.1) is 18.8 Å². The van der Waals surface area contributed by atoms with Crippen LogP contribution >= 0.6 is 0 Å². The number of rotatable bonds is 49. The molecule has 4 heteroatoms. The van der Waals surface area contributed by atoms with Gasteiger partial charge in [-0.3, -0.25) is 4.79 Å². The summed E-state index contributed by atoms with van der Waals surface area (Å²) in [5.74, 6) is -0.0567. The molecule has 0 aromatic rings. The number of aliphatic hydroxyl groups excluding tert-OH is 2. The van der Waals surface area contributed by atoms with Gasteiger partial charge in [-0.25, -0.2) is 0 Å². The molecule has 0 saturated carbocycles. The highest BCUT2D eigenvalue weighted by atomic mass is 16.3. The van der Waals surface area contributed by atoms with Crippen molar-refractivity contribution in [2.24, 2.45) is 0 Å². The van der Waals surface area contributed by atoms with Crippen molar-refractivity contribution in [2.45, 2.75) is 315 Å². The van der Waals surface area contributed by atoms with E-state index in [0.29, 0.717) is 6.42 Å². The second-order valence-electron chi connectivity index (χ2n) is 18.3. The van der Waals surface area contributed by atoms with Crippen molar-refractivity contribution >= 4 is 5.91 Å². The fraction of sp³-hybridized carbons (Fsp3) is 0.943. The van der Waals surface area contributed by atoms with Gasteiger partial charge >= 0.3 is 0 Å². The highest BCUT2D eigenvalue weighted by Gasteiger charge is 2.18. The molecule has 57 heavy (non-hydrogen) atoms. The first-order chi connectivity index (χ1) is 28.2. The second-order valence-corrected chi connectivity index (χ2v) is 18.3. The van der Waals surface area contributed by atoms with Gasteiger partial charge in [0.15, 0.2) is 0 Å². The number of carbonyl (C=O) groups excluding carboxylic acids is 1. The van der Waals surface area contributed by atoms with E-state index >= 15 is 0 Å². The normalized spacial score (nSPS) is 12.8. The van der Waals surface area contributed by atoms with Crippen LogP contribution in [0.15, 0.2) is 12.2 Å². The van der Waals surface area contributed by atoms with E-state index in [1.807, 2.05) is 6.08 Å². The summed E-state index contributed by atoms with van der Waals surface area (Å²) in [5, 5.41) is 23.1. The molecule has 3 N–H and O–H groups in total. The maximum atomic E-state index is 12.4. The fourth-order valence-corrected chi connectivity index (χ4v) is 8.48. The van der Waals surface area contributed by atoms with E-state index in [2.05, 4.69) is 19.2 Å². The zero-order chi connectivity index (χ0) is 41.4. The fourth-order valence-electron chi connectivity index (χ4n) is 8.48. The molecule has 340 valence electrons. The lowest BCUT2D eigenvalue weighted by Gasteiger charge is -2.20. The number of unbranched alkanes of at least 4 members (excludes halogenated alkanes) is 42. The first-order valence-electron chi connectivity index (χ1n) is 26.4. The minimum Gasteiger partial charge on any atom is -0.394 e. The number of allylic oxidation sites excluding steroid dienone is 1. The maximum absolute atomic E-state index is 12.4. The maximum Gasteiger partial charge on any atom is 0.220 e. The summed E-state index contributed by atoms with van der Waals surface area (Å²) in [7, 11) is 0. The van der Waals surface area contributed by atoms with E-state index in [4.69, 9.17) is 0 Å². The van der Waals surface area contributed by atoms with Gasteiger partial charge in [0.2, 0.25) is 5.91 Å². The second kappa shape index (κ2) is 49.5. The molecule has 0 aromatic carbocycles. The third-order valence-corrected chi connectivity index (χ3v) is 12.5. The van der Waals surface area contributed by atoms with Gasteiger partial charge in [-0.2, -0.15) is 0 Å². The summed E-state index contributed by atoms with van der Waals surface area (Å²) in [5.41, 5.74) is 0. The molecule has 0 heterocycles. The molecule has 0 rings (SSSR count). The van der Waals surface area contributed by atoms with Gasteiger partial charge in [-0.15, -0.1) is 0 Å². The summed E-state index contributed by atoms with van der Waals surface area (Å²) >= 11 is 0. The lowest BCUT2D eigenvalue weighted by atomic mass is 10.0. The number of amides is 1. The standard InChI is InChI=1S/C53H105NO3/c1-3-5-7-9-11-13-15-17-19-21-22-23-24-25-26-27-28-29-30-31-33-35-37-39-41-43-45-47-49-53(57)54-51(50-55)52(56)48-46-44-42-40-38-36-34-32-20-18-16-14-12-10-8-6-4-2/h46,48,51-52,55-56H,3-45,47,49-50H2,1-2H3,(H,54,57)/b48-46+. The predicted octanol–water partition coefficient (Wildman–Crippen LogP) is 17.0. The zero-order valence-corrected chi connectivity index (χ0v) is 39.1. The lowest BCUT2D eigenvalue weighted by Crippen LogP contribution is -2.45. The van der Waals surface area contributed by atoms with E-state index in [-0.39, 0.29) is 12.5 Å². The number of hydrogen-bond donors (Lipinski definition) is 3. The summed E-state index contributed by atoms with van der Waals surface area (Å²) in [4.78, 5) is 12.4. The molecule has 2 atom stereocenters. The monoisotopic (exact) mass is 804 g/mol. The summed E-state index contributed by atoms with van der Waals surface area (Å²) in [6.45, 7) is 4.34. The first-order valence-corrected chi connectivity index (χ1v) is 26.4. The van der Waals surface area contributed by atoms with Gasteiger partial charge in [0, 0.05) is 6.42 Å². The van der Waals surface area contributed by atoms with Crippen molar-refractivity contribution in [3.05, 3.63) is 12.2 Å². The Balaban J connectivity index is 3.43. The van der Waals surface area contributed by atoms with Gasteiger partial charge < -0.3 is 15.5 Å². The number of carbonyl (C=O) groups is 1. The smallest absolute Gasteiger partial charge is 0.220 e. The number of hydrogen-bond acceptors (Lipinski definition) is 3. The molecule has 1 amide bonds.